The van der Waals surface area contributed by atoms with E-state index < -0.39 is 34.1 Å². The molecule has 9 heteroatoms. The summed E-state index contributed by atoms with van der Waals surface area (Å²) in [5.41, 5.74) is 1.55. The van der Waals surface area contributed by atoms with Crippen molar-refractivity contribution in [3.8, 4) is 5.75 Å². The van der Waals surface area contributed by atoms with Gasteiger partial charge in [-0.3, -0.25) is 13.9 Å². The number of nitrogens with one attached hydrogen (secondary N) is 1. The first kappa shape index (κ1) is 29.2. The fourth-order valence-corrected chi connectivity index (χ4v) is 4.87. The van der Waals surface area contributed by atoms with Gasteiger partial charge in [-0.25, -0.2) is 8.42 Å². The van der Waals surface area contributed by atoms with Crippen molar-refractivity contribution in [2.75, 3.05) is 24.2 Å². The number of methoxy groups -OCH3 is 1. The highest BCUT2D eigenvalue weighted by Gasteiger charge is 2.33. The van der Waals surface area contributed by atoms with Crippen LogP contribution in [0.4, 0.5) is 5.69 Å². The van der Waals surface area contributed by atoms with Gasteiger partial charge in [-0.15, -0.1) is 0 Å². The number of hydrogen-bond donors (Lipinski definition) is 1. The van der Waals surface area contributed by atoms with Crippen molar-refractivity contribution in [2.24, 2.45) is 0 Å². The Morgan fingerprint density at radius 3 is 2.28 bits per heavy atom. The molecule has 1 atom stereocenters. The number of ether oxygens (including phenoxy) is 1. The Labute approximate surface area is 215 Å². The van der Waals surface area contributed by atoms with Crippen molar-refractivity contribution < 1.29 is 22.7 Å². The van der Waals surface area contributed by atoms with Crippen molar-refractivity contribution in [2.45, 2.75) is 65.6 Å². The summed E-state index contributed by atoms with van der Waals surface area (Å²) in [6.45, 7) is 9.09. The predicted molar refractivity (Wildman–Crippen MR) is 144 cm³/mol. The average Bonchev–Trinajstić information content (AvgIpc) is 2.80. The van der Waals surface area contributed by atoms with Crippen LogP contribution in [-0.4, -0.2) is 56.6 Å². The number of carbonyl (C=O) groups excluding carboxylic acids is 2. The van der Waals surface area contributed by atoms with Gasteiger partial charge in [0.15, 0.2) is 0 Å². The largest absolute Gasteiger partial charge is 0.497 e. The van der Waals surface area contributed by atoms with Gasteiger partial charge >= 0.3 is 0 Å². The first-order valence-corrected chi connectivity index (χ1v) is 14.0. The molecule has 0 radical (unpaired) electrons. The number of aryl methyl sites for hydroxylation is 1. The molecule has 0 aliphatic carbocycles. The molecule has 36 heavy (non-hydrogen) atoms. The Kier molecular flexibility index (Phi) is 9.93. The second-order valence-corrected chi connectivity index (χ2v) is 11.7. The van der Waals surface area contributed by atoms with Crippen LogP contribution in [0.25, 0.3) is 0 Å². The van der Waals surface area contributed by atoms with Gasteiger partial charge in [0.25, 0.3) is 0 Å². The highest BCUT2D eigenvalue weighted by molar-refractivity contribution is 7.92. The van der Waals surface area contributed by atoms with E-state index in [2.05, 4.69) is 5.32 Å². The van der Waals surface area contributed by atoms with E-state index in [0.717, 1.165) is 21.7 Å². The zero-order valence-electron chi connectivity index (χ0n) is 22.4. The second-order valence-electron chi connectivity index (χ2n) is 9.79. The zero-order chi connectivity index (χ0) is 27.1. The lowest BCUT2D eigenvalue weighted by atomic mass is 10.1. The molecule has 0 bridgehead atoms. The number of rotatable bonds is 11. The summed E-state index contributed by atoms with van der Waals surface area (Å²) in [4.78, 5) is 28.5. The summed E-state index contributed by atoms with van der Waals surface area (Å²) >= 11 is 0. The molecule has 0 heterocycles. The fourth-order valence-electron chi connectivity index (χ4n) is 3.99. The molecule has 2 rings (SSSR count). The molecule has 1 N–H and O–H groups in total. The lowest BCUT2D eigenvalue weighted by molar-refractivity contribution is -0.141. The number of carbonyl (C=O) groups is 2. The maximum absolute atomic E-state index is 13.8. The molecule has 198 valence electrons. The van der Waals surface area contributed by atoms with Gasteiger partial charge in [0.2, 0.25) is 21.8 Å². The van der Waals surface area contributed by atoms with Crippen molar-refractivity contribution in [1.29, 1.82) is 0 Å². The molecular formula is C27H39N3O5S. The van der Waals surface area contributed by atoms with Gasteiger partial charge in [-0.05, 0) is 62.9 Å². The third-order valence-corrected chi connectivity index (χ3v) is 6.82. The van der Waals surface area contributed by atoms with Crippen LogP contribution in [0.2, 0.25) is 0 Å². The number of sulfonamides is 1. The van der Waals surface area contributed by atoms with Crippen LogP contribution >= 0.6 is 0 Å². The Bertz CT molecular complexity index is 1160. The fraction of sp³-hybridized carbons (Fsp3) is 0.481. The van der Waals surface area contributed by atoms with Gasteiger partial charge in [-0.2, -0.15) is 0 Å². The van der Waals surface area contributed by atoms with Gasteiger partial charge in [0.1, 0.15) is 18.3 Å². The van der Waals surface area contributed by atoms with Crippen molar-refractivity contribution >= 4 is 27.5 Å². The molecule has 0 spiro atoms. The SMILES string of the molecule is CCc1ccccc1N(CC(=O)N(Cc1cccc(OC)c1)C(CC)C(=O)NC(C)(C)C)S(C)(=O)=O. The van der Waals surface area contributed by atoms with Crippen LogP contribution in [0.15, 0.2) is 48.5 Å². The highest BCUT2D eigenvalue weighted by atomic mass is 32.2. The monoisotopic (exact) mass is 517 g/mol. The summed E-state index contributed by atoms with van der Waals surface area (Å²) in [6.07, 6.45) is 2.06. The van der Waals surface area contributed by atoms with E-state index in [1.807, 2.05) is 58.9 Å². The van der Waals surface area contributed by atoms with Crippen molar-refractivity contribution in [3.05, 3.63) is 59.7 Å². The standard InChI is InChI=1S/C27H39N3O5S/c1-8-21-14-10-11-16-24(21)30(36(7,33)34)19-25(31)29(18-20-13-12-15-22(17-20)35-6)23(9-2)26(32)28-27(3,4)5/h10-17,23H,8-9,18-19H2,1-7H3,(H,28,32). The molecule has 2 aromatic rings. The Balaban J connectivity index is 2.51. The quantitative estimate of drug-likeness (QED) is 0.490. The topological polar surface area (TPSA) is 96.0 Å². The summed E-state index contributed by atoms with van der Waals surface area (Å²) in [6, 6.07) is 13.6. The minimum Gasteiger partial charge on any atom is -0.497 e. The number of benzene rings is 2. The van der Waals surface area contributed by atoms with Crippen LogP contribution in [0, 0.1) is 0 Å². The van der Waals surface area contributed by atoms with Crippen LogP contribution in [0.5, 0.6) is 5.75 Å². The van der Waals surface area contributed by atoms with E-state index in [0.29, 0.717) is 24.3 Å². The first-order valence-electron chi connectivity index (χ1n) is 12.1. The lowest BCUT2D eigenvalue weighted by Crippen LogP contribution is -2.55. The van der Waals surface area contributed by atoms with Gasteiger partial charge < -0.3 is 15.0 Å². The molecule has 0 saturated carbocycles. The number of hydrogen-bond acceptors (Lipinski definition) is 5. The lowest BCUT2D eigenvalue weighted by Gasteiger charge is -2.34. The molecular weight excluding hydrogens is 478 g/mol. The summed E-state index contributed by atoms with van der Waals surface area (Å²) in [5.74, 6) is -0.132. The molecule has 0 aliphatic heterocycles. The molecule has 0 aliphatic rings. The van der Waals surface area contributed by atoms with E-state index in [4.69, 9.17) is 4.74 Å². The highest BCUT2D eigenvalue weighted by Crippen LogP contribution is 2.25. The smallest absolute Gasteiger partial charge is 0.244 e. The van der Waals surface area contributed by atoms with Crippen molar-refractivity contribution in [1.82, 2.24) is 10.2 Å². The van der Waals surface area contributed by atoms with Gasteiger partial charge in [0.05, 0.1) is 19.1 Å². The zero-order valence-corrected chi connectivity index (χ0v) is 23.2. The Hall–Kier alpha value is -3.07. The Morgan fingerprint density at radius 2 is 1.72 bits per heavy atom. The van der Waals surface area contributed by atoms with E-state index in [-0.39, 0.29) is 12.5 Å². The predicted octanol–water partition coefficient (Wildman–Crippen LogP) is 3.75. The molecule has 0 saturated heterocycles. The van der Waals surface area contributed by atoms with Crippen LogP contribution in [-0.2, 0) is 32.6 Å². The minimum atomic E-state index is -3.78. The van der Waals surface area contributed by atoms with Crippen LogP contribution in [0.3, 0.4) is 0 Å². The van der Waals surface area contributed by atoms with Crippen molar-refractivity contribution in [3.63, 3.8) is 0 Å². The number of anilines is 1. The van der Waals surface area contributed by atoms with E-state index >= 15 is 0 Å². The van der Waals surface area contributed by atoms with Crippen LogP contribution < -0.4 is 14.4 Å². The molecule has 2 amide bonds. The number of amides is 2. The maximum Gasteiger partial charge on any atom is 0.244 e. The minimum absolute atomic E-state index is 0.124. The second kappa shape index (κ2) is 12.3. The van der Waals surface area contributed by atoms with Gasteiger partial charge in [-0.1, -0.05) is 44.2 Å². The number of para-hydroxylation sites is 1. The van der Waals surface area contributed by atoms with Crippen LogP contribution in [0.1, 0.15) is 52.2 Å². The Morgan fingerprint density at radius 1 is 1.06 bits per heavy atom. The normalized spacial score (nSPS) is 12.5. The van der Waals surface area contributed by atoms with E-state index in [1.54, 1.807) is 31.4 Å². The molecule has 0 aromatic heterocycles. The third kappa shape index (κ3) is 7.98. The molecule has 2 aromatic carbocycles. The summed E-state index contributed by atoms with van der Waals surface area (Å²) in [7, 11) is -2.22. The van der Waals surface area contributed by atoms with E-state index in [9.17, 15) is 18.0 Å². The molecule has 1 unspecified atom stereocenters. The van der Waals surface area contributed by atoms with Gasteiger partial charge in [0, 0.05) is 12.1 Å². The average molecular weight is 518 g/mol. The third-order valence-electron chi connectivity index (χ3n) is 5.69. The number of nitrogens with zero attached hydrogens (tertiary/aromatic N) is 2. The molecule has 0 fully saturated rings. The molecule has 8 nitrogen and oxygen atoms in total. The summed E-state index contributed by atoms with van der Waals surface area (Å²) in [5, 5.41) is 2.96. The summed E-state index contributed by atoms with van der Waals surface area (Å²) < 4.78 is 32.1. The first-order chi connectivity index (χ1) is 16.8. The maximum atomic E-state index is 13.8. The van der Waals surface area contributed by atoms with E-state index in [1.165, 1.54) is 4.90 Å².